The summed E-state index contributed by atoms with van der Waals surface area (Å²) in [6, 6.07) is 1.63. The van der Waals surface area contributed by atoms with Gasteiger partial charge in [0.2, 0.25) is 0 Å². The van der Waals surface area contributed by atoms with E-state index in [1.54, 1.807) is 12.3 Å². The third-order valence-electron chi connectivity index (χ3n) is 1.57. The lowest BCUT2D eigenvalue weighted by atomic mass is 10.3. The number of fused-ring (bicyclic) bond motifs is 1. The molecule has 0 aliphatic carbocycles. The van der Waals surface area contributed by atoms with E-state index in [0.29, 0.717) is 5.52 Å². The molecule has 0 saturated heterocycles. The van der Waals surface area contributed by atoms with Crippen LogP contribution in [-0.4, -0.2) is 15.2 Å². The molecular weight excluding hydrogens is 304 g/mol. The number of aromatic amines is 1. The molecule has 2 rings (SSSR count). The minimum absolute atomic E-state index is 0.250. The smallest absolute Gasteiger partial charge is 0.276 e. The maximum atomic E-state index is 11.2. The molecule has 0 radical (unpaired) electrons. The Morgan fingerprint density at radius 3 is 3.00 bits per heavy atom. The van der Waals surface area contributed by atoms with Crippen molar-refractivity contribution in [3.05, 3.63) is 31.3 Å². The fraction of sp³-hybridized carbons (Fsp3) is 0. The first-order valence-corrected chi connectivity index (χ1v) is 4.84. The molecule has 2 aromatic rings. The van der Waals surface area contributed by atoms with Gasteiger partial charge in [0.1, 0.15) is 0 Å². The molecule has 2 aromatic heterocycles. The van der Waals surface area contributed by atoms with Crippen molar-refractivity contribution in [2.45, 2.75) is 0 Å². The topological polar surface area (TPSA) is 58.6 Å². The van der Waals surface area contributed by atoms with Crippen LogP contribution in [0.15, 0.2) is 17.1 Å². The Hall–Kier alpha value is -0.690. The van der Waals surface area contributed by atoms with Gasteiger partial charge < -0.3 is 4.98 Å². The molecule has 0 fully saturated rings. The molecule has 66 valence electrons. The van der Waals surface area contributed by atoms with Gasteiger partial charge in [0.05, 0.1) is 0 Å². The van der Waals surface area contributed by atoms with Gasteiger partial charge in [0.15, 0.2) is 10.7 Å². The number of hydrogen-bond donors (Lipinski definition) is 1. The van der Waals surface area contributed by atoms with Gasteiger partial charge in [-0.2, -0.15) is 0 Å². The second kappa shape index (κ2) is 3.22. The predicted molar refractivity (Wildman–Crippen MR) is 57.9 cm³/mol. The summed E-state index contributed by atoms with van der Waals surface area (Å²) in [4.78, 5) is 13.8. The van der Waals surface area contributed by atoms with E-state index in [1.165, 1.54) is 0 Å². The SMILES string of the molecule is O=c1[nH]cc(I)c2cc(Cl)nnc12. The number of hydrogen-bond acceptors (Lipinski definition) is 3. The molecular formula is C7H3ClIN3O. The number of rotatable bonds is 0. The van der Waals surface area contributed by atoms with Crippen LogP contribution in [0.1, 0.15) is 0 Å². The highest BCUT2D eigenvalue weighted by Gasteiger charge is 2.04. The Kier molecular flexibility index (Phi) is 2.20. The Morgan fingerprint density at radius 2 is 2.23 bits per heavy atom. The molecule has 0 saturated carbocycles. The number of halogens is 2. The van der Waals surface area contributed by atoms with E-state index in [1.807, 2.05) is 0 Å². The Labute approximate surface area is 91.5 Å². The first kappa shape index (κ1) is 8.89. The maximum absolute atomic E-state index is 11.2. The summed E-state index contributed by atoms with van der Waals surface area (Å²) in [5.74, 6) is 0. The highest BCUT2D eigenvalue weighted by atomic mass is 127. The summed E-state index contributed by atoms with van der Waals surface area (Å²) in [7, 11) is 0. The Bertz CT molecular complexity index is 525. The van der Waals surface area contributed by atoms with E-state index in [4.69, 9.17) is 11.6 Å². The fourth-order valence-corrected chi connectivity index (χ4v) is 1.71. The normalized spacial score (nSPS) is 10.6. The van der Waals surface area contributed by atoms with Crippen molar-refractivity contribution in [1.82, 2.24) is 15.2 Å². The summed E-state index contributed by atoms with van der Waals surface area (Å²) in [6.07, 6.45) is 1.61. The monoisotopic (exact) mass is 307 g/mol. The zero-order valence-electron chi connectivity index (χ0n) is 6.21. The molecule has 4 nitrogen and oxygen atoms in total. The van der Waals surface area contributed by atoms with Gasteiger partial charge in [-0.1, -0.05) is 11.6 Å². The van der Waals surface area contributed by atoms with Crippen molar-refractivity contribution in [3.63, 3.8) is 0 Å². The van der Waals surface area contributed by atoms with E-state index in [2.05, 4.69) is 37.8 Å². The van der Waals surface area contributed by atoms with Gasteiger partial charge in [-0.25, -0.2) is 0 Å². The van der Waals surface area contributed by atoms with Crippen LogP contribution in [0.4, 0.5) is 0 Å². The lowest BCUT2D eigenvalue weighted by Crippen LogP contribution is -2.08. The first-order chi connectivity index (χ1) is 6.18. The molecule has 2 heterocycles. The second-order valence-corrected chi connectivity index (χ2v) is 3.94. The molecule has 13 heavy (non-hydrogen) atoms. The van der Waals surface area contributed by atoms with Crippen LogP contribution in [0.25, 0.3) is 10.9 Å². The van der Waals surface area contributed by atoms with Gasteiger partial charge >= 0.3 is 0 Å². The summed E-state index contributed by atoms with van der Waals surface area (Å²) in [6.45, 7) is 0. The minimum Gasteiger partial charge on any atom is -0.326 e. The standard InChI is InChI=1S/C7H3ClIN3O/c8-5-1-3-4(9)2-10-7(13)6(3)12-11-5/h1-2H,(H,10,13). The Balaban J connectivity index is 3.01. The fourth-order valence-electron chi connectivity index (χ4n) is 0.993. The quantitative estimate of drug-likeness (QED) is 0.752. The molecule has 6 heteroatoms. The number of H-pyrrole nitrogens is 1. The molecule has 0 aliphatic heterocycles. The summed E-state index contributed by atoms with van der Waals surface area (Å²) in [5, 5.41) is 8.33. The van der Waals surface area contributed by atoms with Crippen LogP contribution in [0.2, 0.25) is 5.15 Å². The molecule has 0 aromatic carbocycles. The highest BCUT2D eigenvalue weighted by Crippen LogP contribution is 2.16. The van der Waals surface area contributed by atoms with Gasteiger partial charge in [-0.05, 0) is 28.7 Å². The van der Waals surface area contributed by atoms with Gasteiger partial charge in [0.25, 0.3) is 5.56 Å². The lowest BCUT2D eigenvalue weighted by Gasteiger charge is -1.97. The zero-order valence-corrected chi connectivity index (χ0v) is 9.13. The van der Waals surface area contributed by atoms with Gasteiger partial charge in [0, 0.05) is 15.2 Å². The summed E-state index contributed by atoms with van der Waals surface area (Å²) >= 11 is 7.75. The van der Waals surface area contributed by atoms with Crippen LogP contribution in [-0.2, 0) is 0 Å². The van der Waals surface area contributed by atoms with Gasteiger partial charge in [-0.15, -0.1) is 10.2 Å². The molecule has 0 amide bonds. The third kappa shape index (κ3) is 1.53. The van der Waals surface area contributed by atoms with E-state index in [0.717, 1.165) is 8.96 Å². The average Bonchev–Trinajstić information content (AvgIpc) is 2.12. The zero-order chi connectivity index (χ0) is 9.42. The number of nitrogens with one attached hydrogen (secondary N) is 1. The van der Waals surface area contributed by atoms with E-state index in [9.17, 15) is 4.79 Å². The predicted octanol–water partition coefficient (Wildman–Crippen LogP) is 1.58. The largest absolute Gasteiger partial charge is 0.326 e. The Morgan fingerprint density at radius 1 is 1.46 bits per heavy atom. The van der Waals surface area contributed by atoms with Crippen molar-refractivity contribution in [2.24, 2.45) is 0 Å². The molecule has 0 spiro atoms. The summed E-state index contributed by atoms with van der Waals surface area (Å²) < 4.78 is 0.893. The van der Waals surface area contributed by atoms with Crippen LogP contribution in [0.5, 0.6) is 0 Å². The van der Waals surface area contributed by atoms with Crippen molar-refractivity contribution in [3.8, 4) is 0 Å². The minimum atomic E-state index is -0.250. The van der Waals surface area contributed by atoms with Crippen LogP contribution >= 0.6 is 34.2 Å². The highest BCUT2D eigenvalue weighted by molar-refractivity contribution is 14.1. The third-order valence-corrected chi connectivity index (χ3v) is 2.64. The van der Waals surface area contributed by atoms with E-state index >= 15 is 0 Å². The first-order valence-electron chi connectivity index (χ1n) is 3.38. The van der Waals surface area contributed by atoms with Crippen LogP contribution in [0.3, 0.4) is 0 Å². The summed E-state index contributed by atoms with van der Waals surface area (Å²) in [5.41, 5.74) is 0.0656. The van der Waals surface area contributed by atoms with E-state index < -0.39 is 0 Å². The van der Waals surface area contributed by atoms with Crippen molar-refractivity contribution in [2.75, 3.05) is 0 Å². The average molecular weight is 307 g/mol. The maximum Gasteiger partial charge on any atom is 0.276 e. The molecule has 0 atom stereocenters. The molecule has 0 bridgehead atoms. The number of aromatic nitrogens is 3. The molecule has 0 aliphatic rings. The van der Waals surface area contributed by atoms with Gasteiger partial charge in [-0.3, -0.25) is 4.79 Å². The van der Waals surface area contributed by atoms with Crippen LogP contribution in [0, 0.1) is 3.57 Å². The lowest BCUT2D eigenvalue weighted by molar-refractivity contribution is 1.06. The van der Waals surface area contributed by atoms with E-state index in [-0.39, 0.29) is 10.7 Å². The van der Waals surface area contributed by atoms with Crippen LogP contribution < -0.4 is 5.56 Å². The number of pyridine rings is 1. The van der Waals surface area contributed by atoms with Crippen molar-refractivity contribution >= 4 is 45.1 Å². The number of nitrogens with zero attached hydrogens (tertiary/aromatic N) is 2. The van der Waals surface area contributed by atoms with Crippen molar-refractivity contribution < 1.29 is 0 Å². The molecule has 0 unspecified atom stereocenters. The van der Waals surface area contributed by atoms with Crippen molar-refractivity contribution in [1.29, 1.82) is 0 Å². The molecule has 1 N–H and O–H groups in total. The second-order valence-electron chi connectivity index (χ2n) is 2.40.